The maximum absolute atomic E-state index is 13.3. The van der Waals surface area contributed by atoms with Crippen molar-refractivity contribution in [2.75, 3.05) is 27.9 Å². The van der Waals surface area contributed by atoms with Gasteiger partial charge in [0.25, 0.3) is 5.91 Å². The maximum atomic E-state index is 13.3. The average Bonchev–Trinajstić information content (AvgIpc) is 2.87. The number of rotatable bonds is 8. The number of ether oxygens (including phenoxy) is 3. The Labute approximate surface area is 199 Å². The van der Waals surface area contributed by atoms with Gasteiger partial charge in [0.15, 0.2) is 11.5 Å². The SMILES string of the molecule is COc1cccc(-c2cc(C(=O)NCCc3ccc(OC)c(OC)c3)c3cc(C)ccc3n2)c1. The van der Waals surface area contributed by atoms with Gasteiger partial charge in [-0.2, -0.15) is 0 Å². The molecule has 0 saturated heterocycles. The number of carbonyl (C=O) groups excluding carboxylic acids is 1. The predicted octanol–water partition coefficient (Wildman–Crippen LogP) is 5.21. The van der Waals surface area contributed by atoms with Gasteiger partial charge in [0.1, 0.15) is 5.75 Å². The molecule has 0 aliphatic carbocycles. The van der Waals surface area contributed by atoms with Gasteiger partial charge in [-0.15, -0.1) is 0 Å². The molecule has 1 heterocycles. The third-order valence-corrected chi connectivity index (χ3v) is 5.72. The van der Waals surface area contributed by atoms with Gasteiger partial charge in [0.05, 0.1) is 38.1 Å². The van der Waals surface area contributed by atoms with Gasteiger partial charge in [-0.1, -0.05) is 29.8 Å². The van der Waals surface area contributed by atoms with Gasteiger partial charge >= 0.3 is 0 Å². The summed E-state index contributed by atoms with van der Waals surface area (Å²) < 4.78 is 16.0. The molecular formula is C28H28N2O4. The molecular weight excluding hydrogens is 428 g/mol. The molecule has 0 aliphatic heterocycles. The van der Waals surface area contributed by atoms with E-state index >= 15 is 0 Å². The summed E-state index contributed by atoms with van der Waals surface area (Å²) in [5.41, 5.74) is 5.10. The molecule has 174 valence electrons. The summed E-state index contributed by atoms with van der Waals surface area (Å²) in [6.07, 6.45) is 0.664. The highest BCUT2D eigenvalue weighted by Gasteiger charge is 2.15. The standard InChI is InChI=1S/C28H28N2O4/c1-18-8-10-24-22(14-18)23(17-25(30-24)20-6-5-7-21(16-20)32-2)28(31)29-13-12-19-9-11-26(33-3)27(15-19)34-4/h5-11,14-17H,12-13H2,1-4H3,(H,29,31). The van der Waals surface area contributed by atoms with Crippen molar-refractivity contribution >= 4 is 16.8 Å². The largest absolute Gasteiger partial charge is 0.497 e. The molecule has 6 nitrogen and oxygen atoms in total. The van der Waals surface area contributed by atoms with E-state index in [1.54, 1.807) is 21.3 Å². The number of benzene rings is 3. The lowest BCUT2D eigenvalue weighted by Gasteiger charge is -2.13. The van der Waals surface area contributed by atoms with E-state index in [1.807, 2.05) is 73.7 Å². The smallest absolute Gasteiger partial charge is 0.252 e. The molecule has 0 aliphatic rings. The zero-order valence-electron chi connectivity index (χ0n) is 19.8. The second-order valence-electron chi connectivity index (χ2n) is 8.00. The molecule has 1 aromatic heterocycles. The zero-order chi connectivity index (χ0) is 24.1. The van der Waals surface area contributed by atoms with Gasteiger partial charge in [-0.25, -0.2) is 4.98 Å². The Morgan fingerprint density at radius 2 is 1.71 bits per heavy atom. The van der Waals surface area contributed by atoms with Crippen LogP contribution in [0.2, 0.25) is 0 Å². The highest BCUT2D eigenvalue weighted by Crippen LogP contribution is 2.29. The van der Waals surface area contributed by atoms with Crippen LogP contribution >= 0.6 is 0 Å². The van der Waals surface area contributed by atoms with Crippen LogP contribution in [-0.4, -0.2) is 38.8 Å². The third kappa shape index (κ3) is 4.96. The number of fused-ring (bicyclic) bond motifs is 1. The van der Waals surface area contributed by atoms with Crippen molar-refractivity contribution in [3.8, 4) is 28.5 Å². The Kier molecular flexibility index (Phi) is 6.97. The van der Waals surface area contributed by atoms with Crippen LogP contribution in [0, 0.1) is 6.92 Å². The molecule has 6 heteroatoms. The molecule has 0 fully saturated rings. The average molecular weight is 457 g/mol. The fraction of sp³-hybridized carbons (Fsp3) is 0.214. The second kappa shape index (κ2) is 10.3. The summed E-state index contributed by atoms with van der Waals surface area (Å²) in [5.74, 6) is 1.95. The molecule has 4 rings (SSSR count). The number of aryl methyl sites for hydroxylation is 1. The molecule has 0 saturated carbocycles. The predicted molar refractivity (Wildman–Crippen MR) is 134 cm³/mol. The first kappa shape index (κ1) is 23.1. The maximum Gasteiger partial charge on any atom is 0.252 e. The molecule has 0 radical (unpaired) electrons. The molecule has 0 atom stereocenters. The highest BCUT2D eigenvalue weighted by molar-refractivity contribution is 6.07. The zero-order valence-corrected chi connectivity index (χ0v) is 19.8. The molecule has 0 spiro atoms. The van der Waals surface area contributed by atoms with Gasteiger partial charge in [-0.3, -0.25) is 4.79 Å². The van der Waals surface area contributed by atoms with Crippen molar-refractivity contribution in [1.29, 1.82) is 0 Å². The summed E-state index contributed by atoms with van der Waals surface area (Å²) >= 11 is 0. The summed E-state index contributed by atoms with van der Waals surface area (Å²) in [6, 6.07) is 21.3. The van der Waals surface area contributed by atoms with Crippen molar-refractivity contribution in [1.82, 2.24) is 10.3 Å². The number of carbonyl (C=O) groups is 1. The van der Waals surface area contributed by atoms with E-state index in [9.17, 15) is 4.79 Å². The van der Waals surface area contributed by atoms with Gasteiger partial charge in [-0.05, 0) is 61.4 Å². The minimum absolute atomic E-state index is 0.136. The summed E-state index contributed by atoms with van der Waals surface area (Å²) in [6.45, 7) is 2.49. The quantitative estimate of drug-likeness (QED) is 0.394. The third-order valence-electron chi connectivity index (χ3n) is 5.72. The van der Waals surface area contributed by atoms with Crippen LogP contribution < -0.4 is 19.5 Å². The minimum Gasteiger partial charge on any atom is -0.497 e. The Hall–Kier alpha value is -4.06. The van der Waals surface area contributed by atoms with E-state index in [0.717, 1.165) is 39.0 Å². The van der Waals surface area contributed by atoms with Crippen LogP contribution in [0.25, 0.3) is 22.2 Å². The summed E-state index contributed by atoms with van der Waals surface area (Å²) in [4.78, 5) is 18.1. The van der Waals surface area contributed by atoms with Crippen molar-refractivity contribution in [3.05, 3.63) is 83.4 Å². The lowest BCUT2D eigenvalue weighted by molar-refractivity contribution is 0.0955. The first-order chi connectivity index (χ1) is 16.5. The number of methoxy groups -OCH3 is 3. The van der Waals surface area contributed by atoms with E-state index in [0.29, 0.717) is 30.0 Å². The van der Waals surface area contributed by atoms with Crippen LogP contribution in [0.1, 0.15) is 21.5 Å². The van der Waals surface area contributed by atoms with Gasteiger partial charge < -0.3 is 19.5 Å². The summed E-state index contributed by atoms with van der Waals surface area (Å²) in [5, 5.41) is 3.89. The lowest BCUT2D eigenvalue weighted by Crippen LogP contribution is -2.26. The van der Waals surface area contributed by atoms with E-state index in [4.69, 9.17) is 19.2 Å². The number of amides is 1. The monoisotopic (exact) mass is 456 g/mol. The van der Waals surface area contributed by atoms with Crippen molar-refractivity contribution in [2.24, 2.45) is 0 Å². The van der Waals surface area contributed by atoms with Gasteiger partial charge in [0.2, 0.25) is 0 Å². The fourth-order valence-corrected chi connectivity index (χ4v) is 3.91. The van der Waals surface area contributed by atoms with Crippen molar-refractivity contribution in [2.45, 2.75) is 13.3 Å². The first-order valence-corrected chi connectivity index (χ1v) is 11.1. The number of aromatic nitrogens is 1. The molecule has 0 bridgehead atoms. The number of nitrogens with zero attached hydrogens (tertiary/aromatic N) is 1. The molecule has 3 aromatic carbocycles. The van der Waals surface area contributed by atoms with E-state index in [1.165, 1.54) is 0 Å². The first-order valence-electron chi connectivity index (χ1n) is 11.1. The topological polar surface area (TPSA) is 69.7 Å². The summed E-state index contributed by atoms with van der Waals surface area (Å²) in [7, 11) is 4.85. The van der Waals surface area contributed by atoms with Crippen LogP contribution in [-0.2, 0) is 6.42 Å². The van der Waals surface area contributed by atoms with Crippen LogP contribution in [0.15, 0.2) is 66.7 Å². The van der Waals surface area contributed by atoms with Crippen LogP contribution in [0.4, 0.5) is 0 Å². The van der Waals surface area contributed by atoms with E-state index in [2.05, 4.69) is 5.32 Å². The van der Waals surface area contributed by atoms with E-state index in [-0.39, 0.29) is 5.91 Å². The Morgan fingerprint density at radius 3 is 2.47 bits per heavy atom. The second-order valence-corrected chi connectivity index (χ2v) is 8.00. The number of pyridine rings is 1. The highest BCUT2D eigenvalue weighted by atomic mass is 16.5. The molecule has 4 aromatic rings. The Balaban J connectivity index is 1.60. The minimum atomic E-state index is -0.136. The van der Waals surface area contributed by atoms with Crippen LogP contribution in [0.5, 0.6) is 17.2 Å². The Bertz CT molecular complexity index is 1330. The Morgan fingerprint density at radius 1 is 0.882 bits per heavy atom. The molecule has 0 unspecified atom stereocenters. The van der Waals surface area contributed by atoms with Crippen molar-refractivity contribution < 1.29 is 19.0 Å². The number of nitrogens with one attached hydrogen (secondary N) is 1. The lowest BCUT2D eigenvalue weighted by atomic mass is 10.0. The molecule has 1 amide bonds. The number of hydrogen-bond acceptors (Lipinski definition) is 5. The molecule has 1 N–H and O–H groups in total. The molecule has 34 heavy (non-hydrogen) atoms. The van der Waals surface area contributed by atoms with Crippen molar-refractivity contribution in [3.63, 3.8) is 0 Å². The number of hydrogen-bond donors (Lipinski definition) is 1. The fourth-order valence-electron chi connectivity index (χ4n) is 3.91. The van der Waals surface area contributed by atoms with Crippen LogP contribution in [0.3, 0.4) is 0 Å². The van der Waals surface area contributed by atoms with Gasteiger partial charge in [0, 0.05) is 17.5 Å². The van der Waals surface area contributed by atoms with E-state index < -0.39 is 0 Å². The normalized spacial score (nSPS) is 10.7.